The number of hydrogen-bond acceptors (Lipinski definition) is 3. The molecule has 0 bridgehead atoms. The molecule has 1 aliphatic rings. The van der Waals surface area contributed by atoms with Crippen LogP contribution < -0.4 is 5.32 Å². The molecular formula is C16H33N3O. The van der Waals surface area contributed by atoms with Gasteiger partial charge in [0, 0.05) is 12.6 Å². The molecule has 1 aliphatic heterocycles. The van der Waals surface area contributed by atoms with Crippen LogP contribution in [0.25, 0.3) is 0 Å². The van der Waals surface area contributed by atoms with Gasteiger partial charge in [-0.15, -0.1) is 0 Å². The highest BCUT2D eigenvalue weighted by molar-refractivity contribution is 5.85. The Morgan fingerprint density at radius 1 is 1.30 bits per heavy atom. The van der Waals surface area contributed by atoms with E-state index in [4.69, 9.17) is 0 Å². The molecule has 1 amide bonds. The highest BCUT2D eigenvalue weighted by Gasteiger charge is 2.42. The van der Waals surface area contributed by atoms with Crippen LogP contribution in [0.15, 0.2) is 0 Å². The number of rotatable bonds is 7. The third-order valence-electron chi connectivity index (χ3n) is 4.28. The summed E-state index contributed by atoms with van der Waals surface area (Å²) in [6, 6.07) is 0.292. The van der Waals surface area contributed by atoms with E-state index in [9.17, 15) is 4.79 Å². The Bertz CT molecular complexity index is 307. The standard InChI is InChI=1S/C16H33N3O/c1-8-12(4)15-16(20)19(13(5)17-15)14(9-11(2)3)10-18(6)7/h11-15,17H,8-10H2,1-7H3. The van der Waals surface area contributed by atoms with Crippen molar-refractivity contribution in [3.05, 3.63) is 0 Å². The van der Waals surface area contributed by atoms with Crippen molar-refractivity contribution in [1.29, 1.82) is 0 Å². The third kappa shape index (κ3) is 4.19. The summed E-state index contributed by atoms with van der Waals surface area (Å²) in [6.07, 6.45) is 2.24. The molecule has 118 valence electrons. The molecule has 0 aromatic carbocycles. The Kier molecular flexibility index (Phi) is 6.46. The quantitative estimate of drug-likeness (QED) is 0.778. The summed E-state index contributed by atoms with van der Waals surface area (Å²) in [5.41, 5.74) is 0. The Morgan fingerprint density at radius 3 is 2.35 bits per heavy atom. The lowest BCUT2D eigenvalue weighted by Crippen LogP contribution is -2.48. The summed E-state index contributed by atoms with van der Waals surface area (Å²) in [5.74, 6) is 1.29. The average Bonchev–Trinajstić information content (AvgIpc) is 2.62. The molecule has 4 unspecified atom stereocenters. The van der Waals surface area contributed by atoms with Gasteiger partial charge in [-0.1, -0.05) is 34.1 Å². The number of hydrogen-bond donors (Lipinski definition) is 1. The van der Waals surface area contributed by atoms with Crippen LogP contribution in [0.1, 0.15) is 47.5 Å². The normalized spacial score (nSPS) is 26.6. The number of likely N-dealkylation sites (N-methyl/N-ethyl adjacent to an activating group) is 1. The van der Waals surface area contributed by atoms with Gasteiger partial charge in [0.05, 0.1) is 12.2 Å². The van der Waals surface area contributed by atoms with Gasteiger partial charge >= 0.3 is 0 Å². The Morgan fingerprint density at radius 2 is 1.90 bits per heavy atom. The van der Waals surface area contributed by atoms with Crippen molar-refractivity contribution in [1.82, 2.24) is 15.1 Å². The van der Waals surface area contributed by atoms with Gasteiger partial charge in [-0.05, 0) is 39.3 Å². The van der Waals surface area contributed by atoms with E-state index in [2.05, 4.69) is 63.8 Å². The SMILES string of the molecule is CCC(C)C1NC(C)N(C(CC(C)C)CN(C)C)C1=O. The predicted molar refractivity (Wildman–Crippen MR) is 84.5 cm³/mol. The van der Waals surface area contributed by atoms with Gasteiger partial charge < -0.3 is 9.80 Å². The first-order chi connectivity index (χ1) is 9.27. The van der Waals surface area contributed by atoms with E-state index in [0.717, 1.165) is 19.4 Å². The molecule has 0 aromatic rings. The fourth-order valence-corrected chi connectivity index (χ4v) is 3.14. The first-order valence-corrected chi connectivity index (χ1v) is 8.00. The minimum Gasteiger partial charge on any atom is -0.322 e. The second-order valence-electron chi connectivity index (χ2n) is 7.00. The molecule has 1 rings (SSSR count). The van der Waals surface area contributed by atoms with Crippen LogP contribution in [0.4, 0.5) is 0 Å². The molecule has 0 spiro atoms. The highest BCUT2D eigenvalue weighted by atomic mass is 16.2. The van der Waals surface area contributed by atoms with Crippen LogP contribution in [0, 0.1) is 11.8 Å². The summed E-state index contributed by atoms with van der Waals surface area (Å²) in [7, 11) is 4.16. The Hall–Kier alpha value is -0.610. The molecule has 4 heteroatoms. The summed E-state index contributed by atoms with van der Waals surface area (Å²) in [4.78, 5) is 17.0. The van der Waals surface area contributed by atoms with E-state index in [1.165, 1.54) is 0 Å². The monoisotopic (exact) mass is 283 g/mol. The van der Waals surface area contributed by atoms with Crippen molar-refractivity contribution in [2.45, 2.75) is 65.7 Å². The van der Waals surface area contributed by atoms with Crippen molar-refractivity contribution in [3.63, 3.8) is 0 Å². The lowest BCUT2D eigenvalue weighted by Gasteiger charge is -2.34. The van der Waals surface area contributed by atoms with Crippen molar-refractivity contribution >= 4 is 5.91 Å². The minimum atomic E-state index is -0.00757. The highest BCUT2D eigenvalue weighted by Crippen LogP contribution is 2.24. The number of carbonyl (C=O) groups is 1. The summed E-state index contributed by atoms with van der Waals surface area (Å²) >= 11 is 0. The average molecular weight is 283 g/mol. The van der Waals surface area contributed by atoms with Crippen molar-refractivity contribution in [2.24, 2.45) is 11.8 Å². The molecule has 1 saturated heterocycles. The molecule has 1 heterocycles. The van der Waals surface area contributed by atoms with E-state index in [1.54, 1.807) is 0 Å². The molecule has 1 fully saturated rings. The molecule has 4 nitrogen and oxygen atoms in total. The summed E-state index contributed by atoms with van der Waals surface area (Å²) in [6.45, 7) is 11.8. The first kappa shape index (κ1) is 17.4. The summed E-state index contributed by atoms with van der Waals surface area (Å²) < 4.78 is 0. The van der Waals surface area contributed by atoms with Gasteiger partial charge in [-0.2, -0.15) is 0 Å². The molecule has 20 heavy (non-hydrogen) atoms. The van der Waals surface area contributed by atoms with Crippen molar-refractivity contribution < 1.29 is 4.79 Å². The fraction of sp³-hybridized carbons (Fsp3) is 0.938. The van der Waals surface area contributed by atoms with Gasteiger partial charge in [0.15, 0.2) is 0 Å². The number of nitrogens with zero attached hydrogens (tertiary/aromatic N) is 2. The zero-order valence-electron chi connectivity index (χ0n) is 14.3. The zero-order chi connectivity index (χ0) is 15.4. The van der Waals surface area contributed by atoms with E-state index in [-0.39, 0.29) is 12.2 Å². The molecule has 0 aromatic heterocycles. The maximum Gasteiger partial charge on any atom is 0.241 e. The van der Waals surface area contributed by atoms with Crippen LogP contribution in [-0.2, 0) is 4.79 Å². The van der Waals surface area contributed by atoms with E-state index < -0.39 is 0 Å². The van der Waals surface area contributed by atoms with Crippen LogP contribution >= 0.6 is 0 Å². The van der Waals surface area contributed by atoms with E-state index >= 15 is 0 Å². The maximum absolute atomic E-state index is 12.8. The summed E-state index contributed by atoms with van der Waals surface area (Å²) in [5, 5.41) is 3.49. The predicted octanol–water partition coefficient (Wildman–Crippen LogP) is 2.16. The van der Waals surface area contributed by atoms with Crippen LogP contribution in [0.5, 0.6) is 0 Å². The fourth-order valence-electron chi connectivity index (χ4n) is 3.14. The van der Waals surface area contributed by atoms with Crippen molar-refractivity contribution in [3.8, 4) is 0 Å². The number of nitrogens with one attached hydrogen (secondary N) is 1. The largest absolute Gasteiger partial charge is 0.322 e. The molecule has 0 saturated carbocycles. The molecular weight excluding hydrogens is 250 g/mol. The second kappa shape index (κ2) is 7.41. The third-order valence-corrected chi connectivity index (χ3v) is 4.28. The van der Waals surface area contributed by atoms with Gasteiger partial charge in [0.25, 0.3) is 0 Å². The number of amides is 1. The van der Waals surface area contributed by atoms with Crippen molar-refractivity contribution in [2.75, 3.05) is 20.6 Å². The molecule has 4 atom stereocenters. The Balaban J connectivity index is 2.86. The molecule has 0 aliphatic carbocycles. The smallest absolute Gasteiger partial charge is 0.241 e. The van der Waals surface area contributed by atoms with Gasteiger partial charge in [-0.25, -0.2) is 0 Å². The van der Waals surface area contributed by atoms with Crippen LogP contribution in [-0.4, -0.2) is 54.6 Å². The first-order valence-electron chi connectivity index (χ1n) is 8.00. The van der Waals surface area contributed by atoms with Gasteiger partial charge in [-0.3, -0.25) is 10.1 Å². The van der Waals surface area contributed by atoms with E-state index in [0.29, 0.717) is 23.8 Å². The number of carbonyl (C=O) groups excluding carboxylic acids is 1. The topological polar surface area (TPSA) is 35.6 Å². The Labute approximate surface area is 124 Å². The van der Waals surface area contributed by atoms with Crippen LogP contribution in [0.3, 0.4) is 0 Å². The van der Waals surface area contributed by atoms with Gasteiger partial charge in [0.1, 0.15) is 0 Å². The molecule has 0 radical (unpaired) electrons. The van der Waals surface area contributed by atoms with Gasteiger partial charge in [0.2, 0.25) is 5.91 Å². The second-order valence-corrected chi connectivity index (χ2v) is 7.00. The lowest BCUT2D eigenvalue weighted by molar-refractivity contribution is -0.133. The van der Waals surface area contributed by atoms with Crippen LogP contribution in [0.2, 0.25) is 0 Å². The molecule has 1 N–H and O–H groups in total. The maximum atomic E-state index is 12.8. The zero-order valence-corrected chi connectivity index (χ0v) is 14.3. The lowest BCUT2D eigenvalue weighted by atomic mass is 9.98. The minimum absolute atomic E-state index is 0.00757. The van der Waals surface area contributed by atoms with E-state index in [1.807, 2.05) is 0 Å².